The first-order valence-electron chi connectivity index (χ1n) is 9.22. The molecule has 7 heteroatoms. The lowest BCUT2D eigenvalue weighted by molar-refractivity contribution is 0.0948. The molecule has 7 nitrogen and oxygen atoms in total. The molecule has 0 saturated carbocycles. The van der Waals surface area contributed by atoms with E-state index >= 15 is 0 Å². The van der Waals surface area contributed by atoms with E-state index in [0.29, 0.717) is 37.0 Å². The second kappa shape index (κ2) is 9.77. The van der Waals surface area contributed by atoms with Gasteiger partial charge >= 0.3 is 0 Å². The number of hydrogen-bond acceptors (Lipinski definition) is 5. The van der Waals surface area contributed by atoms with Gasteiger partial charge in [-0.3, -0.25) is 9.59 Å². The Morgan fingerprint density at radius 3 is 2.46 bits per heavy atom. The van der Waals surface area contributed by atoms with Crippen LogP contribution in [0.4, 0.5) is 0 Å². The fourth-order valence-corrected chi connectivity index (χ4v) is 2.91. The van der Waals surface area contributed by atoms with Crippen molar-refractivity contribution in [3.8, 4) is 0 Å². The van der Waals surface area contributed by atoms with Crippen molar-refractivity contribution >= 4 is 16.7 Å². The zero-order valence-corrected chi connectivity index (χ0v) is 15.9. The predicted molar refractivity (Wildman–Crippen MR) is 109 cm³/mol. The Bertz CT molecular complexity index is 986. The second-order valence-electron chi connectivity index (χ2n) is 6.34. The number of amides is 1. The lowest BCUT2D eigenvalue weighted by Crippen LogP contribution is -2.35. The predicted octanol–water partition coefficient (Wildman–Crippen LogP) is 1.41. The fourth-order valence-electron chi connectivity index (χ4n) is 2.91. The number of rotatable bonds is 9. The molecule has 146 valence electrons. The number of aromatic nitrogens is 2. The van der Waals surface area contributed by atoms with E-state index in [4.69, 9.17) is 4.74 Å². The molecule has 0 aliphatic rings. The largest absolute Gasteiger partial charge is 0.383 e. The number of benzene rings is 2. The minimum absolute atomic E-state index is 0.211. The second-order valence-corrected chi connectivity index (χ2v) is 6.34. The SMILES string of the molecule is COCCNCCNC(=O)c1nn(Cc2ccccc2)c(=O)c2ccccc12. The van der Waals surface area contributed by atoms with Gasteiger partial charge in [-0.25, -0.2) is 4.68 Å². The maximum atomic E-state index is 12.8. The van der Waals surface area contributed by atoms with Crippen LogP contribution < -0.4 is 16.2 Å². The molecule has 1 aromatic heterocycles. The van der Waals surface area contributed by atoms with Gasteiger partial charge in [-0.15, -0.1) is 0 Å². The minimum Gasteiger partial charge on any atom is -0.383 e. The average molecular weight is 380 g/mol. The Labute approximate surface area is 163 Å². The van der Waals surface area contributed by atoms with Gasteiger partial charge in [-0.05, 0) is 11.6 Å². The van der Waals surface area contributed by atoms with E-state index < -0.39 is 0 Å². The lowest BCUT2D eigenvalue weighted by atomic mass is 10.1. The summed E-state index contributed by atoms with van der Waals surface area (Å²) in [4.78, 5) is 25.5. The van der Waals surface area contributed by atoms with E-state index in [1.54, 1.807) is 31.4 Å². The Morgan fingerprint density at radius 1 is 1.00 bits per heavy atom. The minimum atomic E-state index is -0.299. The third kappa shape index (κ3) is 4.82. The van der Waals surface area contributed by atoms with Gasteiger partial charge in [0.25, 0.3) is 11.5 Å². The average Bonchev–Trinajstić information content (AvgIpc) is 2.73. The van der Waals surface area contributed by atoms with E-state index in [0.717, 1.165) is 12.1 Å². The molecule has 1 heterocycles. The molecule has 0 atom stereocenters. The van der Waals surface area contributed by atoms with Crippen LogP contribution >= 0.6 is 0 Å². The Morgan fingerprint density at radius 2 is 1.71 bits per heavy atom. The maximum absolute atomic E-state index is 12.8. The normalized spacial score (nSPS) is 10.9. The van der Waals surface area contributed by atoms with Crippen LogP contribution in [-0.2, 0) is 11.3 Å². The summed E-state index contributed by atoms with van der Waals surface area (Å²) in [5, 5.41) is 11.4. The van der Waals surface area contributed by atoms with Crippen LogP contribution in [0.25, 0.3) is 10.8 Å². The van der Waals surface area contributed by atoms with Crippen molar-refractivity contribution in [3.05, 3.63) is 76.2 Å². The van der Waals surface area contributed by atoms with Crippen LogP contribution in [-0.4, -0.2) is 49.0 Å². The molecule has 0 aliphatic carbocycles. The molecule has 0 saturated heterocycles. The number of nitrogens with zero attached hydrogens (tertiary/aromatic N) is 2. The van der Waals surface area contributed by atoms with E-state index in [1.165, 1.54) is 4.68 Å². The third-order valence-corrected chi connectivity index (χ3v) is 4.33. The van der Waals surface area contributed by atoms with E-state index in [1.807, 2.05) is 30.3 Å². The maximum Gasteiger partial charge on any atom is 0.274 e. The summed E-state index contributed by atoms with van der Waals surface area (Å²) in [6.07, 6.45) is 0. The molecular weight excluding hydrogens is 356 g/mol. The van der Waals surface area contributed by atoms with Gasteiger partial charge < -0.3 is 15.4 Å². The molecule has 2 aromatic carbocycles. The quantitative estimate of drug-likeness (QED) is 0.548. The number of ether oxygens (including phenoxy) is 1. The van der Waals surface area contributed by atoms with Gasteiger partial charge in [0, 0.05) is 32.1 Å². The van der Waals surface area contributed by atoms with Gasteiger partial charge in [0.1, 0.15) is 0 Å². The summed E-state index contributed by atoms with van der Waals surface area (Å²) >= 11 is 0. The summed E-state index contributed by atoms with van der Waals surface area (Å²) in [5.41, 5.74) is 0.987. The fraction of sp³-hybridized carbons (Fsp3) is 0.286. The van der Waals surface area contributed by atoms with Crippen molar-refractivity contribution in [2.24, 2.45) is 0 Å². The highest BCUT2D eigenvalue weighted by atomic mass is 16.5. The highest BCUT2D eigenvalue weighted by molar-refractivity contribution is 6.04. The summed E-state index contributed by atoms with van der Waals surface area (Å²) in [6.45, 7) is 2.72. The molecule has 0 radical (unpaired) electrons. The standard InChI is InChI=1S/C21H24N4O3/c1-28-14-13-22-11-12-23-20(26)19-17-9-5-6-10-18(17)21(27)25(24-19)15-16-7-3-2-4-8-16/h2-10,22H,11-15H2,1H3,(H,23,26). The van der Waals surface area contributed by atoms with Gasteiger partial charge in [-0.1, -0.05) is 48.5 Å². The summed E-state index contributed by atoms with van der Waals surface area (Å²) in [7, 11) is 1.64. The first kappa shape index (κ1) is 19.7. The molecular formula is C21H24N4O3. The van der Waals surface area contributed by atoms with Crippen LogP contribution in [0.15, 0.2) is 59.4 Å². The Balaban J connectivity index is 1.83. The molecule has 0 aliphatic heterocycles. The van der Waals surface area contributed by atoms with Crippen LogP contribution in [0.3, 0.4) is 0 Å². The zero-order chi connectivity index (χ0) is 19.8. The smallest absolute Gasteiger partial charge is 0.274 e. The molecule has 0 bridgehead atoms. The monoisotopic (exact) mass is 380 g/mol. The van der Waals surface area contributed by atoms with Crippen LogP contribution in [0.2, 0.25) is 0 Å². The van der Waals surface area contributed by atoms with Gasteiger partial charge in [0.2, 0.25) is 0 Å². The van der Waals surface area contributed by atoms with Crippen LogP contribution in [0, 0.1) is 0 Å². The van der Waals surface area contributed by atoms with E-state index in [2.05, 4.69) is 15.7 Å². The van der Waals surface area contributed by atoms with Gasteiger partial charge in [-0.2, -0.15) is 5.10 Å². The molecule has 2 N–H and O–H groups in total. The summed E-state index contributed by atoms with van der Waals surface area (Å²) in [6, 6.07) is 16.7. The van der Waals surface area contributed by atoms with Crippen molar-refractivity contribution in [2.75, 3.05) is 33.4 Å². The first-order chi connectivity index (χ1) is 13.7. The topological polar surface area (TPSA) is 85.2 Å². The van der Waals surface area contributed by atoms with Crippen LogP contribution in [0.5, 0.6) is 0 Å². The van der Waals surface area contributed by atoms with Crippen LogP contribution in [0.1, 0.15) is 16.1 Å². The van der Waals surface area contributed by atoms with Crippen molar-refractivity contribution in [1.82, 2.24) is 20.4 Å². The number of fused-ring (bicyclic) bond motifs is 1. The lowest BCUT2D eigenvalue weighted by Gasteiger charge is -2.12. The zero-order valence-electron chi connectivity index (χ0n) is 15.9. The molecule has 0 fully saturated rings. The van der Waals surface area contributed by atoms with Gasteiger partial charge in [0.05, 0.1) is 18.5 Å². The Hall–Kier alpha value is -3.03. The van der Waals surface area contributed by atoms with E-state index in [-0.39, 0.29) is 17.2 Å². The summed E-state index contributed by atoms with van der Waals surface area (Å²) < 4.78 is 6.32. The number of methoxy groups -OCH3 is 1. The highest BCUT2D eigenvalue weighted by Crippen LogP contribution is 2.13. The van der Waals surface area contributed by atoms with Crippen molar-refractivity contribution < 1.29 is 9.53 Å². The van der Waals surface area contributed by atoms with Crippen molar-refractivity contribution in [3.63, 3.8) is 0 Å². The van der Waals surface area contributed by atoms with Gasteiger partial charge in [0.15, 0.2) is 5.69 Å². The number of carbonyl (C=O) groups excluding carboxylic acids is 1. The Kier molecular flexibility index (Phi) is 6.89. The summed E-state index contributed by atoms with van der Waals surface area (Å²) in [5.74, 6) is -0.299. The van der Waals surface area contributed by atoms with Crippen molar-refractivity contribution in [2.45, 2.75) is 6.54 Å². The molecule has 0 unspecified atom stereocenters. The molecule has 0 spiro atoms. The number of nitrogens with one attached hydrogen (secondary N) is 2. The number of carbonyl (C=O) groups is 1. The molecule has 1 amide bonds. The third-order valence-electron chi connectivity index (χ3n) is 4.33. The molecule has 3 rings (SSSR count). The number of hydrogen-bond donors (Lipinski definition) is 2. The molecule has 3 aromatic rings. The highest BCUT2D eigenvalue weighted by Gasteiger charge is 2.16. The first-order valence-corrected chi connectivity index (χ1v) is 9.22. The van der Waals surface area contributed by atoms with Crippen molar-refractivity contribution in [1.29, 1.82) is 0 Å². The van der Waals surface area contributed by atoms with E-state index in [9.17, 15) is 9.59 Å². The molecule has 28 heavy (non-hydrogen) atoms.